The number of rotatable bonds is 5. The molecule has 1 aliphatic carbocycles. The Bertz CT molecular complexity index is 2580. The van der Waals surface area contributed by atoms with Crippen LogP contribution in [-0.4, -0.2) is 4.98 Å². The summed E-state index contributed by atoms with van der Waals surface area (Å²) in [6.07, 6.45) is 0. The van der Waals surface area contributed by atoms with Crippen LogP contribution in [0.5, 0.6) is 0 Å². The Morgan fingerprint density at radius 1 is 0.380 bits per heavy atom. The van der Waals surface area contributed by atoms with Crippen molar-refractivity contribution in [1.29, 1.82) is 0 Å². The molecule has 0 unspecified atom stereocenters. The topological polar surface area (TPSA) is 26.0 Å². The monoisotopic (exact) mass is 637 g/mol. The van der Waals surface area contributed by atoms with Crippen molar-refractivity contribution in [3.63, 3.8) is 0 Å². The molecule has 0 bridgehead atoms. The number of pyridine rings is 1. The molecule has 2 heterocycles. The van der Waals surface area contributed by atoms with Crippen LogP contribution < -0.4 is 0 Å². The molecule has 10 rings (SSSR count). The quantitative estimate of drug-likeness (QED) is 0.188. The van der Waals surface area contributed by atoms with E-state index in [0.29, 0.717) is 0 Å². The van der Waals surface area contributed by atoms with Crippen LogP contribution in [0.4, 0.5) is 0 Å². The Kier molecular flexibility index (Phi) is 6.43. The zero-order valence-electron chi connectivity index (χ0n) is 27.3. The van der Waals surface area contributed by atoms with Gasteiger partial charge in [-0.25, -0.2) is 4.98 Å². The highest BCUT2D eigenvalue weighted by Gasteiger charge is 2.46. The zero-order chi connectivity index (χ0) is 33.1. The molecule has 0 saturated carbocycles. The molecule has 0 radical (unpaired) electrons. The minimum Gasteiger partial charge on any atom is -0.456 e. The highest BCUT2D eigenvalue weighted by Crippen LogP contribution is 2.57. The maximum Gasteiger partial charge on any atom is 0.136 e. The lowest BCUT2D eigenvalue weighted by atomic mass is 9.67. The van der Waals surface area contributed by atoms with Crippen molar-refractivity contribution in [3.8, 4) is 44.8 Å². The fourth-order valence-electron chi connectivity index (χ4n) is 8.20. The lowest BCUT2D eigenvalue weighted by molar-refractivity contribution is 0.666. The summed E-state index contributed by atoms with van der Waals surface area (Å²) in [5.41, 5.74) is 15.0. The van der Waals surface area contributed by atoms with Gasteiger partial charge in [0, 0.05) is 21.9 Å². The molecule has 2 aromatic heterocycles. The van der Waals surface area contributed by atoms with Crippen LogP contribution in [0.2, 0.25) is 0 Å². The van der Waals surface area contributed by atoms with E-state index in [-0.39, 0.29) is 0 Å². The third kappa shape index (κ3) is 4.25. The SMILES string of the molecule is c1ccc(-c2cc(-c3ccccc3)nc(-c3cccc4oc5cc6c(cc5c34)-c3ccccc3C6(c3ccccc3)c3ccccc3)c2)cc1. The van der Waals surface area contributed by atoms with E-state index in [1.807, 2.05) is 6.07 Å². The molecule has 1 aliphatic rings. The maximum absolute atomic E-state index is 6.81. The molecule has 7 aromatic carbocycles. The molecule has 0 amide bonds. The number of fused-ring (bicyclic) bond motifs is 6. The molecular weight excluding hydrogens is 607 g/mol. The Morgan fingerprint density at radius 3 is 1.66 bits per heavy atom. The molecule has 0 saturated heterocycles. The van der Waals surface area contributed by atoms with Crippen molar-refractivity contribution in [3.05, 3.63) is 210 Å². The van der Waals surface area contributed by atoms with Crippen LogP contribution in [0, 0.1) is 0 Å². The predicted octanol–water partition coefficient (Wildman–Crippen LogP) is 12.3. The van der Waals surface area contributed by atoms with Crippen LogP contribution in [-0.2, 0) is 5.41 Å². The van der Waals surface area contributed by atoms with Crippen molar-refractivity contribution in [2.24, 2.45) is 0 Å². The summed E-state index contributed by atoms with van der Waals surface area (Å²) in [5, 5.41) is 2.17. The van der Waals surface area contributed by atoms with Gasteiger partial charge in [-0.05, 0) is 74.8 Å². The second-order valence-corrected chi connectivity index (χ2v) is 13.1. The van der Waals surface area contributed by atoms with Gasteiger partial charge in [0.15, 0.2) is 0 Å². The third-order valence-electron chi connectivity index (χ3n) is 10.4. The first-order valence-corrected chi connectivity index (χ1v) is 17.1. The average Bonchev–Trinajstić information content (AvgIpc) is 3.71. The summed E-state index contributed by atoms with van der Waals surface area (Å²) in [7, 11) is 0. The Labute approximate surface area is 291 Å². The highest BCUT2D eigenvalue weighted by atomic mass is 16.3. The Hall–Kier alpha value is -6.51. The van der Waals surface area contributed by atoms with E-state index in [9.17, 15) is 0 Å². The van der Waals surface area contributed by atoms with Crippen molar-refractivity contribution in [2.45, 2.75) is 5.41 Å². The summed E-state index contributed by atoms with van der Waals surface area (Å²) in [6, 6.07) is 67.1. The summed E-state index contributed by atoms with van der Waals surface area (Å²) < 4.78 is 6.81. The average molecular weight is 638 g/mol. The summed E-state index contributed by atoms with van der Waals surface area (Å²) in [5.74, 6) is 0. The van der Waals surface area contributed by atoms with Gasteiger partial charge in [0.2, 0.25) is 0 Å². The molecule has 234 valence electrons. The van der Waals surface area contributed by atoms with E-state index in [4.69, 9.17) is 9.40 Å². The fourth-order valence-corrected chi connectivity index (χ4v) is 8.20. The second kappa shape index (κ2) is 11.3. The van der Waals surface area contributed by atoms with Gasteiger partial charge in [0.05, 0.1) is 16.8 Å². The molecule has 0 aliphatic heterocycles. The lowest BCUT2D eigenvalue weighted by Gasteiger charge is -2.33. The fraction of sp³-hybridized carbons (Fsp3) is 0.0208. The summed E-state index contributed by atoms with van der Waals surface area (Å²) in [6.45, 7) is 0. The van der Waals surface area contributed by atoms with Crippen molar-refractivity contribution >= 4 is 21.9 Å². The lowest BCUT2D eigenvalue weighted by Crippen LogP contribution is -2.28. The van der Waals surface area contributed by atoms with Crippen molar-refractivity contribution in [2.75, 3.05) is 0 Å². The molecule has 50 heavy (non-hydrogen) atoms. The van der Waals surface area contributed by atoms with Gasteiger partial charge in [-0.15, -0.1) is 0 Å². The van der Waals surface area contributed by atoms with E-state index in [0.717, 1.165) is 55.6 Å². The molecular formula is C48H31NO. The van der Waals surface area contributed by atoms with Gasteiger partial charge in [-0.2, -0.15) is 0 Å². The van der Waals surface area contributed by atoms with Gasteiger partial charge < -0.3 is 4.42 Å². The number of aromatic nitrogens is 1. The molecule has 2 heteroatoms. The predicted molar refractivity (Wildman–Crippen MR) is 205 cm³/mol. The Morgan fingerprint density at radius 2 is 0.960 bits per heavy atom. The molecule has 0 spiro atoms. The number of hydrogen-bond acceptors (Lipinski definition) is 2. The van der Waals surface area contributed by atoms with Crippen LogP contribution in [0.3, 0.4) is 0 Å². The largest absolute Gasteiger partial charge is 0.456 e. The summed E-state index contributed by atoms with van der Waals surface area (Å²) >= 11 is 0. The first-order valence-electron chi connectivity index (χ1n) is 17.1. The van der Waals surface area contributed by atoms with E-state index in [1.165, 1.54) is 33.4 Å². The normalized spacial score (nSPS) is 13.0. The smallest absolute Gasteiger partial charge is 0.136 e. The third-order valence-corrected chi connectivity index (χ3v) is 10.4. The van der Waals surface area contributed by atoms with Crippen molar-refractivity contribution in [1.82, 2.24) is 4.98 Å². The molecule has 2 nitrogen and oxygen atoms in total. The number of benzene rings is 7. The Balaban J connectivity index is 1.26. The van der Waals surface area contributed by atoms with Gasteiger partial charge in [-0.1, -0.05) is 158 Å². The van der Waals surface area contributed by atoms with Crippen LogP contribution in [0.25, 0.3) is 66.7 Å². The van der Waals surface area contributed by atoms with E-state index in [1.54, 1.807) is 0 Å². The number of hydrogen-bond donors (Lipinski definition) is 0. The molecule has 9 aromatic rings. The van der Waals surface area contributed by atoms with E-state index >= 15 is 0 Å². The minimum atomic E-state index is -0.486. The standard InChI is InChI=1S/C48H31NO/c1-5-16-32(17-6-1)34-28-43(33-18-7-2-8-19-33)49-44(29-34)38-25-15-27-45-47(38)40-30-39-37-24-13-14-26-41(37)48(35-20-9-3-10-21-35,36-22-11-4-12-23-36)42(39)31-46(40)50-45/h1-31H. The van der Waals surface area contributed by atoms with Gasteiger partial charge >= 0.3 is 0 Å². The highest BCUT2D eigenvalue weighted by molar-refractivity contribution is 6.14. The molecule has 0 fully saturated rings. The number of furan rings is 1. The minimum absolute atomic E-state index is 0.486. The first kappa shape index (κ1) is 28.5. The van der Waals surface area contributed by atoms with Crippen LogP contribution in [0.15, 0.2) is 192 Å². The summed E-state index contributed by atoms with van der Waals surface area (Å²) in [4.78, 5) is 5.31. The van der Waals surface area contributed by atoms with Gasteiger partial charge in [0.1, 0.15) is 11.2 Å². The van der Waals surface area contributed by atoms with Gasteiger partial charge in [-0.3, -0.25) is 0 Å². The zero-order valence-corrected chi connectivity index (χ0v) is 27.3. The molecule has 0 atom stereocenters. The van der Waals surface area contributed by atoms with Crippen LogP contribution in [0.1, 0.15) is 22.3 Å². The first-order chi connectivity index (χ1) is 24.8. The van der Waals surface area contributed by atoms with E-state index < -0.39 is 5.41 Å². The second-order valence-electron chi connectivity index (χ2n) is 13.1. The van der Waals surface area contributed by atoms with Gasteiger partial charge in [0.25, 0.3) is 0 Å². The van der Waals surface area contributed by atoms with E-state index in [2.05, 4.69) is 182 Å². The number of nitrogens with zero attached hydrogens (tertiary/aromatic N) is 1. The van der Waals surface area contributed by atoms with Crippen LogP contribution >= 0.6 is 0 Å². The maximum atomic E-state index is 6.81. The molecule has 0 N–H and O–H groups in total. The van der Waals surface area contributed by atoms with Crippen molar-refractivity contribution < 1.29 is 4.42 Å².